The van der Waals surface area contributed by atoms with Gasteiger partial charge in [0.05, 0.1) is 4.83 Å². The van der Waals surface area contributed by atoms with Crippen molar-refractivity contribution in [1.82, 2.24) is 0 Å². The molecule has 0 spiro atoms. The fraction of sp³-hybridized carbons (Fsp3) is 0.417. The van der Waals surface area contributed by atoms with E-state index in [4.69, 9.17) is 0 Å². The second-order valence-electron chi connectivity index (χ2n) is 3.86. The highest BCUT2D eigenvalue weighted by Gasteiger charge is 2.18. The van der Waals surface area contributed by atoms with Gasteiger partial charge in [-0.1, -0.05) is 57.8 Å². The maximum absolute atomic E-state index is 11.7. The zero-order chi connectivity index (χ0) is 11.4. The van der Waals surface area contributed by atoms with Crippen LogP contribution in [0.4, 0.5) is 0 Å². The van der Waals surface area contributed by atoms with Crippen LogP contribution < -0.4 is 0 Å². The maximum atomic E-state index is 11.7. The van der Waals surface area contributed by atoms with Crippen LogP contribution in [0.2, 0.25) is 0 Å². The molecule has 0 aliphatic rings. The van der Waals surface area contributed by atoms with E-state index in [0.29, 0.717) is 0 Å². The zero-order valence-corrected chi connectivity index (χ0v) is 12.0. The van der Waals surface area contributed by atoms with Crippen molar-refractivity contribution in [3.8, 4) is 0 Å². The molecule has 0 aromatic heterocycles. The molecule has 0 saturated carbocycles. The van der Waals surface area contributed by atoms with Crippen LogP contribution in [0.3, 0.4) is 0 Å². The lowest BCUT2D eigenvalue weighted by Crippen LogP contribution is -2.21. The predicted molar refractivity (Wildman–Crippen MR) is 70.4 cm³/mol. The molecule has 0 radical (unpaired) electrons. The molecule has 15 heavy (non-hydrogen) atoms. The molecule has 3 heteroatoms. The lowest BCUT2D eigenvalue weighted by Gasteiger charge is -2.11. The van der Waals surface area contributed by atoms with Crippen molar-refractivity contribution in [1.29, 1.82) is 0 Å². The Morgan fingerprint density at radius 3 is 2.60 bits per heavy atom. The lowest BCUT2D eigenvalue weighted by molar-refractivity contribution is -0.121. The minimum absolute atomic E-state index is 0.0770. The summed E-state index contributed by atoms with van der Waals surface area (Å²) in [6, 6.07) is 8.05. The number of hydrogen-bond donors (Lipinski definition) is 0. The van der Waals surface area contributed by atoms with E-state index in [-0.39, 0.29) is 16.5 Å². The van der Waals surface area contributed by atoms with E-state index in [0.717, 1.165) is 10.9 Å². The van der Waals surface area contributed by atoms with Crippen molar-refractivity contribution in [2.45, 2.75) is 25.1 Å². The van der Waals surface area contributed by atoms with Gasteiger partial charge in [0, 0.05) is 10.4 Å². The molecule has 0 heterocycles. The quantitative estimate of drug-likeness (QED) is 0.762. The first kappa shape index (κ1) is 12.9. The van der Waals surface area contributed by atoms with Crippen molar-refractivity contribution in [3.63, 3.8) is 0 Å². The third-order valence-corrected chi connectivity index (χ3v) is 3.45. The predicted octanol–water partition coefficient (Wildman–Crippen LogP) is 3.98. The van der Waals surface area contributed by atoms with Gasteiger partial charge < -0.3 is 0 Å². The number of alkyl halides is 1. The number of ketones is 1. The summed E-state index contributed by atoms with van der Waals surface area (Å²) >= 11 is 6.86. The highest BCUT2D eigenvalue weighted by molar-refractivity contribution is 9.10. The number of Topliss-reactive ketones (excluding diaryl/α,β-unsaturated/α-hetero) is 1. The summed E-state index contributed by atoms with van der Waals surface area (Å²) in [6.45, 7) is 3.86. The number of carbonyl (C=O) groups is 1. The highest BCUT2D eigenvalue weighted by atomic mass is 79.9. The molecule has 1 nitrogen and oxygen atoms in total. The second-order valence-corrected chi connectivity index (χ2v) is 5.88. The van der Waals surface area contributed by atoms with E-state index in [1.807, 2.05) is 38.1 Å². The average molecular weight is 334 g/mol. The molecular weight excluding hydrogens is 320 g/mol. The first-order valence-corrected chi connectivity index (χ1v) is 6.64. The van der Waals surface area contributed by atoms with Crippen LogP contribution in [0, 0.1) is 5.92 Å². The summed E-state index contributed by atoms with van der Waals surface area (Å²) in [5.74, 6) is 0.344. The minimum atomic E-state index is -0.0770. The highest BCUT2D eigenvalue weighted by Crippen LogP contribution is 2.18. The smallest absolute Gasteiger partial charge is 0.149 e. The average Bonchev–Trinajstić information content (AvgIpc) is 2.16. The lowest BCUT2D eigenvalue weighted by atomic mass is 10.0. The molecule has 1 unspecified atom stereocenters. The van der Waals surface area contributed by atoms with E-state index in [1.165, 1.54) is 5.56 Å². The summed E-state index contributed by atoms with van der Waals surface area (Å²) in [6.07, 6.45) is 0.746. The van der Waals surface area contributed by atoms with Crippen molar-refractivity contribution in [2.75, 3.05) is 0 Å². The molecule has 1 aromatic rings. The van der Waals surface area contributed by atoms with Crippen LogP contribution in [0.5, 0.6) is 0 Å². The van der Waals surface area contributed by atoms with Gasteiger partial charge in [-0.25, -0.2) is 0 Å². The molecular formula is C12H14Br2O. The molecule has 1 atom stereocenters. The van der Waals surface area contributed by atoms with E-state index >= 15 is 0 Å². The van der Waals surface area contributed by atoms with E-state index < -0.39 is 0 Å². The number of benzene rings is 1. The Morgan fingerprint density at radius 2 is 2.07 bits per heavy atom. The Balaban J connectivity index is 2.66. The van der Waals surface area contributed by atoms with Crippen LogP contribution in [-0.2, 0) is 11.2 Å². The molecule has 0 bridgehead atoms. The fourth-order valence-electron chi connectivity index (χ4n) is 1.33. The number of hydrogen-bond acceptors (Lipinski definition) is 1. The molecule has 1 rings (SSSR count). The summed E-state index contributed by atoms with van der Waals surface area (Å²) in [5, 5.41) is 0. The fourth-order valence-corrected chi connectivity index (χ4v) is 2.68. The molecule has 82 valence electrons. The molecule has 0 aliphatic carbocycles. The number of carbonyl (C=O) groups excluding carboxylic acids is 1. The van der Waals surface area contributed by atoms with Crippen molar-refractivity contribution in [2.24, 2.45) is 5.92 Å². The Bertz CT molecular complexity index is 347. The van der Waals surface area contributed by atoms with Crippen LogP contribution in [0.1, 0.15) is 19.4 Å². The Labute approximate surface area is 108 Å². The Morgan fingerprint density at radius 1 is 1.40 bits per heavy atom. The van der Waals surface area contributed by atoms with Crippen LogP contribution in [-0.4, -0.2) is 10.6 Å². The number of rotatable bonds is 4. The third-order valence-electron chi connectivity index (χ3n) is 2.18. The van der Waals surface area contributed by atoms with Gasteiger partial charge >= 0.3 is 0 Å². The third kappa shape index (κ3) is 4.07. The van der Waals surface area contributed by atoms with Crippen LogP contribution >= 0.6 is 31.9 Å². The van der Waals surface area contributed by atoms with Crippen LogP contribution in [0.25, 0.3) is 0 Å². The van der Waals surface area contributed by atoms with Crippen LogP contribution in [0.15, 0.2) is 28.7 Å². The molecule has 0 amide bonds. The second kappa shape index (κ2) is 5.80. The molecule has 0 fully saturated rings. The largest absolute Gasteiger partial charge is 0.298 e. The van der Waals surface area contributed by atoms with Crippen molar-refractivity contribution >= 4 is 37.6 Å². The Hall–Kier alpha value is -0.150. The van der Waals surface area contributed by atoms with Gasteiger partial charge in [-0.05, 0) is 24.1 Å². The first-order valence-electron chi connectivity index (χ1n) is 4.93. The van der Waals surface area contributed by atoms with Gasteiger partial charge in [-0.2, -0.15) is 0 Å². The SMILES string of the molecule is CC(C)C(=O)C(Br)Cc1cccc(Br)c1. The zero-order valence-electron chi connectivity index (χ0n) is 8.84. The van der Waals surface area contributed by atoms with E-state index in [9.17, 15) is 4.79 Å². The summed E-state index contributed by atoms with van der Waals surface area (Å²) in [7, 11) is 0. The molecule has 0 aliphatic heterocycles. The Kier molecular flexibility index (Phi) is 5.00. The standard InChI is InChI=1S/C12H14Br2O/c1-8(2)12(15)11(14)7-9-4-3-5-10(13)6-9/h3-6,8,11H,7H2,1-2H3. The monoisotopic (exact) mass is 332 g/mol. The van der Waals surface area contributed by atoms with Crippen molar-refractivity contribution < 1.29 is 4.79 Å². The molecule has 0 saturated heterocycles. The van der Waals surface area contributed by atoms with Gasteiger partial charge in [0.1, 0.15) is 5.78 Å². The van der Waals surface area contributed by atoms with Gasteiger partial charge in [-0.3, -0.25) is 4.79 Å². The first-order chi connectivity index (χ1) is 7.00. The molecule has 0 N–H and O–H groups in total. The van der Waals surface area contributed by atoms with Gasteiger partial charge in [-0.15, -0.1) is 0 Å². The summed E-state index contributed by atoms with van der Waals surface area (Å²) in [4.78, 5) is 11.6. The minimum Gasteiger partial charge on any atom is -0.298 e. The van der Waals surface area contributed by atoms with Gasteiger partial charge in [0.25, 0.3) is 0 Å². The normalized spacial score (nSPS) is 12.9. The van der Waals surface area contributed by atoms with Gasteiger partial charge in [0.2, 0.25) is 0 Å². The van der Waals surface area contributed by atoms with E-state index in [2.05, 4.69) is 31.9 Å². The number of halogens is 2. The van der Waals surface area contributed by atoms with Gasteiger partial charge in [0.15, 0.2) is 0 Å². The van der Waals surface area contributed by atoms with Crippen molar-refractivity contribution in [3.05, 3.63) is 34.3 Å². The summed E-state index contributed by atoms with van der Waals surface area (Å²) < 4.78 is 1.05. The summed E-state index contributed by atoms with van der Waals surface area (Å²) in [5.41, 5.74) is 1.17. The topological polar surface area (TPSA) is 17.1 Å². The van der Waals surface area contributed by atoms with E-state index in [1.54, 1.807) is 0 Å². The molecule has 1 aromatic carbocycles. The maximum Gasteiger partial charge on any atom is 0.149 e.